The summed E-state index contributed by atoms with van der Waals surface area (Å²) in [5, 5.41) is 15.0. The van der Waals surface area contributed by atoms with Gasteiger partial charge in [0, 0.05) is 17.6 Å². The van der Waals surface area contributed by atoms with Crippen LogP contribution in [0.25, 0.3) is 0 Å². The lowest BCUT2D eigenvalue weighted by molar-refractivity contribution is 0.416. The zero-order valence-electron chi connectivity index (χ0n) is 13.7. The topological polar surface area (TPSA) is 72.0 Å². The van der Waals surface area contributed by atoms with Gasteiger partial charge in [-0.15, -0.1) is 5.10 Å². The zero-order chi connectivity index (χ0) is 16.7. The average molecular weight is 336 g/mol. The highest BCUT2D eigenvalue weighted by molar-refractivity contribution is 6.31. The third-order valence-corrected chi connectivity index (χ3v) is 3.77. The van der Waals surface area contributed by atoms with E-state index in [2.05, 4.69) is 32.7 Å². The molecule has 2 N–H and O–H groups in total. The summed E-state index contributed by atoms with van der Waals surface area (Å²) in [7, 11) is 1.60. The van der Waals surface area contributed by atoms with E-state index in [-0.39, 0.29) is 0 Å². The van der Waals surface area contributed by atoms with Crippen molar-refractivity contribution < 1.29 is 4.74 Å². The smallest absolute Gasteiger partial charge is 0.244 e. The Labute approximate surface area is 141 Å². The molecular weight excluding hydrogens is 314 g/mol. The van der Waals surface area contributed by atoms with Crippen molar-refractivity contribution in [1.82, 2.24) is 15.2 Å². The fourth-order valence-electron chi connectivity index (χ4n) is 2.08. The first-order valence-electron chi connectivity index (χ1n) is 7.68. The number of methoxy groups -OCH3 is 1. The number of halogens is 1. The molecule has 0 radical (unpaired) electrons. The summed E-state index contributed by atoms with van der Waals surface area (Å²) < 4.78 is 5.35. The van der Waals surface area contributed by atoms with E-state index in [0.717, 1.165) is 24.2 Å². The van der Waals surface area contributed by atoms with Crippen molar-refractivity contribution in [3.05, 3.63) is 28.9 Å². The van der Waals surface area contributed by atoms with Crippen LogP contribution in [-0.2, 0) is 0 Å². The Morgan fingerprint density at radius 1 is 1.26 bits per heavy atom. The van der Waals surface area contributed by atoms with Gasteiger partial charge >= 0.3 is 0 Å². The van der Waals surface area contributed by atoms with Gasteiger partial charge in [0.05, 0.1) is 19.0 Å². The van der Waals surface area contributed by atoms with Gasteiger partial charge in [0.1, 0.15) is 5.75 Å². The first kappa shape index (κ1) is 17.3. The van der Waals surface area contributed by atoms with Crippen molar-refractivity contribution in [3.63, 3.8) is 0 Å². The third kappa shape index (κ3) is 4.96. The van der Waals surface area contributed by atoms with Gasteiger partial charge in [-0.05, 0) is 25.0 Å². The third-order valence-electron chi connectivity index (χ3n) is 3.37. The Kier molecular flexibility index (Phi) is 6.40. The largest absolute Gasteiger partial charge is 0.495 e. The first-order valence-corrected chi connectivity index (χ1v) is 8.06. The molecule has 0 aliphatic rings. The van der Waals surface area contributed by atoms with Gasteiger partial charge < -0.3 is 15.4 Å². The molecule has 23 heavy (non-hydrogen) atoms. The predicted octanol–water partition coefficient (Wildman–Crippen LogP) is 4.19. The van der Waals surface area contributed by atoms with E-state index in [0.29, 0.717) is 22.5 Å². The van der Waals surface area contributed by atoms with Crippen LogP contribution < -0.4 is 15.4 Å². The molecule has 0 atom stereocenters. The number of unbranched alkanes of at least 4 members (excludes halogenated alkanes) is 2. The Bertz CT molecular complexity index is 650. The second kappa shape index (κ2) is 8.53. The van der Waals surface area contributed by atoms with E-state index in [1.54, 1.807) is 19.4 Å². The van der Waals surface area contributed by atoms with Crippen LogP contribution in [0, 0.1) is 6.92 Å². The van der Waals surface area contributed by atoms with Crippen LogP contribution in [0.5, 0.6) is 5.75 Å². The number of hydrogen-bond acceptors (Lipinski definition) is 6. The van der Waals surface area contributed by atoms with Gasteiger partial charge in [0.15, 0.2) is 5.82 Å². The molecule has 6 nitrogen and oxygen atoms in total. The van der Waals surface area contributed by atoms with Crippen LogP contribution in [0.2, 0.25) is 5.02 Å². The number of benzene rings is 1. The Morgan fingerprint density at radius 3 is 2.83 bits per heavy atom. The second-order valence-electron chi connectivity index (χ2n) is 5.23. The number of hydrogen-bond donors (Lipinski definition) is 2. The van der Waals surface area contributed by atoms with E-state index in [9.17, 15) is 0 Å². The highest BCUT2D eigenvalue weighted by atomic mass is 35.5. The van der Waals surface area contributed by atoms with Crippen LogP contribution in [-0.4, -0.2) is 28.8 Å². The van der Waals surface area contributed by atoms with Crippen LogP contribution in [0.4, 0.5) is 17.5 Å². The Balaban J connectivity index is 2.10. The minimum absolute atomic E-state index is 0.510. The van der Waals surface area contributed by atoms with Gasteiger partial charge in [0.2, 0.25) is 5.95 Å². The molecule has 124 valence electrons. The molecule has 0 spiro atoms. The molecule has 7 heteroatoms. The highest BCUT2D eigenvalue weighted by Crippen LogP contribution is 2.32. The number of ether oxygens (including phenoxy) is 1. The molecule has 2 rings (SSSR count). The van der Waals surface area contributed by atoms with Crippen LogP contribution in [0.15, 0.2) is 18.3 Å². The van der Waals surface area contributed by atoms with Gasteiger partial charge in [-0.2, -0.15) is 10.1 Å². The molecule has 1 aromatic heterocycles. The summed E-state index contributed by atoms with van der Waals surface area (Å²) >= 11 is 6.12. The lowest BCUT2D eigenvalue weighted by atomic mass is 10.2. The molecule has 1 heterocycles. The average Bonchev–Trinajstić information content (AvgIpc) is 2.55. The highest BCUT2D eigenvalue weighted by Gasteiger charge is 2.09. The molecule has 0 aliphatic heterocycles. The summed E-state index contributed by atoms with van der Waals surface area (Å²) in [5.74, 6) is 1.76. The summed E-state index contributed by atoms with van der Waals surface area (Å²) in [6, 6.07) is 3.69. The van der Waals surface area contributed by atoms with Crippen LogP contribution >= 0.6 is 11.6 Å². The maximum Gasteiger partial charge on any atom is 0.244 e. The van der Waals surface area contributed by atoms with Gasteiger partial charge in [-0.1, -0.05) is 31.4 Å². The maximum atomic E-state index is 6.12. The summed E-state index contributed by atoms with van der Waals surface area (Å²) in [6.45, 7) is 4.94. The molecule has 1 aromatic carbocycles. The fraction of sp³-hybridized carbons (Fsp3) is 0.438. The lowest BCUT2D eigenvalue weighted by Crippen LogP contribution is -2.08. The standard InChI is InChI=1S/C16H22ClN5O/c1-4-5-6-7-18-16-21-15(10-19-22-16)20-13-8-11(2)12(17)9-14(13)23-3/h8-10H,4-7H2,1-3H3,(H2,18,20,21,22). The monoisotopic (exact) mass is 335 g/mol. The summed E-state index contributed by atoms with van der Waals surface area (Å²) in [5.41, 5.74) is 1.74. The summed E-state index contributed by atoms with van der Waals surface area (Å²) in [6.07, 6.45) is 5.01. The van der Waals surface area contributed by atoms with E-state index in [1.165, 1.54) is 12.8 Å². The predicted molar refractivity (Wildman–Crippen MR) is 93.9 cm³/mol. The molecule has 0 amide bonds. The van der Waals surface area contributed by atoms with Crippen LogP contribution in [0.3, 0.4) is 0 Å². The van der Waals surface area contributed by atoms with Gasteiger partial charge in [0.25, 0.3) is 0 Å². The molecule has 0 saturated carbocycles. The van der Waals surface area contributed by atoms with Crippen molar-refractivity contribution in [1.29, 1.82) is 0 Å². The number of rotatable bonds is 8. The van der Waals surface area contributed by atoms with Crippen molar-refractivity contribution in [2.24, 2.45) is 0 Å². The Morgan fingerprint density at radius 2 is 2.09 bits per heavy atom. The van der Waals surface area contributed by atoms with Crippen LogP contribution in [0.1, 0.15) is 31.7 Å². The minimum atomic E-state index is 0.510. The van der Waals surface area contributed by atoms with Crippen molar-refractivity contribution in [2.75, 3.05) is 24.3 Å². The van der Waals surface area contributed by atoms with Crippen molar-refractivity contribution in [2.45, 2.75) is 33.1 Å². The molecule has 0 saturated heterocycles. The number of aromatic nitrogens is 3. The normalized spacial score (nSPS) is 10.4. The van der Waals surface area contributed by atoms with Crippen molar-refractivity contribution >= 4 is 29.1 Å². The van der Waals surface area contributed by atoms with Crippen molar-refractivity contribution in [3.8, 4) is 5.75 Å². The zero-order valence-corrected chi connectivity index (χ0v) is 14.4. The SMILES string of the molecule is CCCCCNc1nncc(Nc2cc(C)c(Cl)cc2OC)n1. The van der Waals surface area contributed by atoms with Gasteiger partial charge in [-0.25, -0.2) is 0 Å². The number of anilines is 3. The molecule has 0 unspecified atom stereocenters. The number of aryl methyl sites for hydroxylation is 1. The van der Waals surface area contributed by atoms with E-state index in [1.807, 2.05) is 13.0 Å². The van der Waals surface area contributed by atoms with Gasteiger partial charge in [-0.3, -0.25) is 0 Å². The molecule has 0 bridgehead atoms. The molecule has 2 aromatic rings. The Hall–Kier alpha value is -2.08. The lowest BCUT2D eigenvalue weighted by Gasteiger charge is -2.13. The molecule has 0 aliphatic carbocycles. The van der Waals surface area contributed by atoms with E-state index in [4.69, 9.17) is 16.3 Å². The molecular formula is C16H22ClN5O. The minimum Gasteiger partial charge on any atom is -0.495 e. The maximum absolute atomic E-state index is 6.12. The molecule has 0 fully saturated rings. The fourth-order valence-corrected chi connectivity index (χ4v) is 2.24. The number of nitrogens with zero attached hydrogens (tertiary/aromatic N) is 3. The van der Waals surface area contributed by atoms with E-state index >= 15 is 0 Å². The number of nitrogens with one attached hydrogen (secondary N) is 2. The van der Waals surface area contributed by atoms with E-state index < -0.39 is 0 Å². The second-order valence-corrected chi connectivity index (χ2v) is 5.63. The first-order chi connectivity index (χ1) is 11.1. The quantitative estimate of drug-likeness (QED) is 0.705. The summed E-state index contributed by atoms with van der Waals surface area (Å²) in [4.78, 5) is 4.41.